The maximum Gasteiger partial charge on any atom is 0.200 e. The molecule has 1 aliphatic heterocycles. The van der Waals surface area contributed by atoms with Crippen LogP contribution in [0, 0.1) is 29.1 Å². The molecule has 0 bridgehead atoms. The number of nitrogens with one attached hydrogen (secondary N) is 1. The standard InChI is InChI=1S/C11H11F5N2/c1-17-5-2-3-18(4-5)11-9(15)7(13)6(12)8(14)10(11)16/h5,17H,2-4H2,1H3. The molecule has 0 saturated carbocycles. The second-order valence-electron chi connectivity index (χ2n) is 4.14. The Morgan fingerprint density at radius 3 is 1.89 bits per heavy atom. The number of anilines is 1. The molecule has 1 aromatic carbocycles. The average molecular weight is 266 g/mol. The van der Waals surface area contributed by atoms with Crippen molar-refractivity contribution in [2.24, 2.45) is 0 Å². The first-order valence-corrected chi connectivity index (χ1v) is 5.41. The Morgan fingerprint density at radius 1 is 0.944 bits per heavy atom. The van der Waals surface area contributed by atoms with Gasteiger partial charge in [-0.2, -0.15) is 0 Å². The maximum absolute atomic E-state index is 13.5. The SMILES string of the molecule is CNC1CCN(c2c(F)c(F)c(F)c(F)c2F)C1. The van der Waals surface area contributed by atoms with Crippen molar-refractivity contribution in [2.45, 2.75) is 12.5 Å². The van der Waals surface area contributed by atoms with Crippen molar-refractivity contribution >= 4 is 5.69 Å². The Morgan fingerprint density at radius 2 is 1.44 bits per heavy atom. The molecule has 0 aliphatic carbocycles. The summed E-state index contributed by atoms with van der Waals surface area (Å²) in [5, 5.41) is 2.90. The summed E-state index contributed by atoms with van der Waals surface area (Å²) in [6.45, 7) is 0.443. The van der Waals surface area contributed by atoms with Crippen molar-refractivity contribution in [2.75, 3.05) is 25.0 Å². The van der Waals surface area contributed by atoms with Gasteiger partial charge in [0.05, 0.1) is 0 Å². The van der Waals surface area contributed by atoms with E-state index in [0.29, 0.717) is 6.42 Å². The first kappa shape index (κ1) is 13.1. The summed E-state index contributed by atoms with van der Waals surface area (Å²) in [5.74, 6) is -9.49. The highest BCUT2D eigenvalue weighted by Crippen LogP contribution is 2.32. The normalized spacial score (nSPS) is 19.7. The number of nitrogens with zero attached hydrogens (tertiary/aromatic N) is 1. The van der Waals surface area contributed by atoms with Crippen molar-refractivity contribution in [1.29, 1.82) is 0 Å². The third-order valence-electron chi connectivity index (χ3n) is 3.10. The molecule has 2 nitrogen and oxygen atoms in total. The minimum absolute atomic E-state index is 0.0278. The Balaban J connectivity index is 2.46. The summed E-state index contributed by atoms with van der Waals surface area (Å²) in [7, 11) is 1.67. The van der Waals surface area contributed by atoms with Gasteiger partial charge in [0.2, 0.25) is 5.82 Å². The van der Waals surface area contributed by atoms with Gasteiger partial charge in [0, 0.05) is 19.1 Å². The van der Waals surface area contributed by atoms with Gasteiger partial charge < -0.3 is 10.2 Å². The molecule has 1 N–H and O–H groups in total. The number of benzene rings is 1. The molecule has 1 aromatic rings. The average Bonchev–Trinajstić information content (AvgIpc) is 2.83. The van der Waals surface area contributed by atoms with Crippen LogP contribution in [0.25, 0.3) is 0 Å². The molecule has 0 amide bonds. The number of likely N-dealkylation sites (N-methyl/N-ethyl adjacent to an activating group) is 1. The Bertz CT molecular complexity index is 448. The third kappa shape index (κ3) is 1.92. The van der Waals surface area contributed by atoms with Crippen molar-refractivity contribution < 1.29 is 22.0 Å². The lowest BCUT2D eigenvalue weighted by atomic mass is 10.2. The zero-order valence-corrected chi connectivity index (χ0v) is 9.54. The number of rotatable bonds is 2. The summed E-state index contributed by atoms with van der Waals surface area (Å²) in [4.78, 5) is 1.16. The van der Waals surface area contributed by atoms with E-state index in [9.17, 15) is 22.0 Å². The molecule has 0 aromatic heterocycles. The van der Waals surface area contributed by atoms with Crippen LogP contribution in [0.1, 0.15) is 6.42 Å². The molecular weight excluding hydrogens is 255 g/mol. The number of halogens is 5. The summed E-state index contributed by atoms with van der Waals surface area (Å²) in [6, 6.07) is -0.0278. The molecule has 1 atom stereocenters. The van der Waals surface area contributed by atoms with E-state index in [1.54, 1.807) is 7.05 Å². The molecule has 1 heterocycles. The van der Waals surface area contributed by atoms with Gasteiger partial charge in [-0.25, -0.2) is 22.0 Å². The number of hydrogen-bond acceptors (Lipinski definition) is 2. The van der Waals surface area contributed by atoms with Crippen LogP contribution in [0.4, 0.5) is 27.6 Å². The molecule has 2 rings (SSSR count). The van der Waals surface area contributed by atoms with Gasteiger partial charge in [0.25, 0.3) is 0 Å². The molecule has 7 heteroatoms. The van der Waals surface area contributed by atoms with Crippen LogP contribution in [-0.2, 0) is 0 Å². The van der Waals surface area contributed by atoms with Crippen molar-refractivity contribution in [3.05, 3.63) is 29.1 Å². The highest BCUT2D eigenvalue weighted by Gasteiger charge is 2.32. The smallest absolute Gasteiger partial charge is 0.200 e. The molecule has 0 radical (unpaired) electrons. The van der Waals surface area contributed by atoms with Gasteiger partial charge in [0.1, 0.15) is 5.69 Å². The second-order valence-corrected chi connectivity index (χ2v) is 4.14. The first-order chi connectivity index (χ1) is 8.47. The summed E-state index contributed by atoms with van der Waals surface area (Å²) < 4.78 is 65.9. The molecule has 0 spiro atoms. The van der Waals surface area contributed by atoms with Gasteiger partial charge in [-0.3, -0.25) is 0 Å². The van der Waals surface area contributed by atoms with Crippen LogP contribution in [0.15, 0.2) is 0 Å². The largest absolute Gasteiger partial charge is 0.365 e. The lowest BCUT2D eigenvalue weighted by Gasteiger charge is -2.20. The van der Waals surface area contributed by atoms with Gasteiger partial charge in [-0.15, -0.1) is 0 Å². The van der Waals surface area contributed by atoms with Crippen LogP contribution < -0.4 is 10.2 Å². The van der Waals surface area contributed by atoms with Crippen LogP contribution in [0.5, 0.6) is 0 Å². The zero-order valence-electron chi connectivity index (χ0n) is 9.54. The summed E-state index contributed by atoms with van der Waals surface area (Å²) >= 11 is 0. The molecule has 1 fully saturated rings. The predicted octanol–water partition coefficient (Wildman–Crippen LogP) is 2.18. The first-order valence-electron chi connectivity index (χ1n) is 5.41. The summed E-state index contributed by atoms with van der Waals surface area (Å²) in [6.07, 6.45) is 0.579. The monoisotopic (exact) mass is 266 g/mol. The second kappa shape index (κ2) is 4.72. The summed E-state index contributed by atoms with van der Waals surface area (Å²) in [5.41, 5.74) is -0.843. The Kier molecular flexibility index (Phi) is 3.43. The quantitative estimate of drug-likeness (QED) is 0.501. The van der Waals surface area contributed by atoms with E-state index in [2.05, 4.69) is 5.32 Å². The van der Waals surface area contributed by atoms with Gasteiger partial charge >= 0.3 is 0 Å². The molecule has 1 aliphatic rings. The van der Waals surface area contributed by atoms with Crippen molar-refractivity contribution in [1.82, 2.24) is 5.32 Å². The fourth-order valence-corrected chi connectivity index (χ4v) is 2.07. The minimum Gasteiger partial charge on any atom is -0.365 e. The Hall–Kier alpha value is -1.37. The van der Waals surface area contributed by atoms with Crippen LogP contribution in [0.3, 0.4) is 0 Å². The molecule has 18 heavy (non-hydrogen) atoms. The molecule has 1 unspecified atom stereocenters. The molecule has 1 saturated heterocycles. The van der Waals surface area contributed by atoms with E-state index in [1.165, 1.54) is 0 Å². The minimum atomic E-state index is -2.13. The fraction of sp³-hybridized carbons (Fsp3) is 0.455. The maximum atomic E-state index is 13.5. The van der Waals surface area contributed by atoms with Gasteiger partial charge in [0.15, 0.2) is 23.3 Å². The topological polar surface area (TPSA) is 15.3 Å². The third-order valence-corrected chi connectivity index (χ3v) is 3.10. The predicted molar refractivity (Wildman–Crippen MR) is 55.9 cm³/mol. The lowest BCUT2D eigenvalue weighted by molar-refractivity contribution is 0.379. The zero-order chi connectivity index (χ0) is 13.4. The van der Waals surface area contributed by atoms with E-state index in [4.69, 9.17) is 0 Å². The van der Waals surface area contributed by atoms with Gasteiger partial charge in [-0.1, -0.05) is 0 Å². The Labute approximate surface area is 100 Å². The molecule has 100 valence electrons. The van der Waals surface area contributed by atoms with E-state index >= 15 is 0 Å². The van der Waals surface area contributed by atoms with Crippen LogP contribution >= 0.6 is 0 Å². The van der Waals surface area contributed by atoms with E-state index < -0.39 is 34.8 Å². The van der Waals surface area contributed by atoms with E-state index in [0.717, 1.165) is 4.90 Å². The number of hydrogen-bond donors (Lipinski definition) is 1. The van der Waals surface area contributed by atoms with E-state index in [-0.39, 0.29) is 19.1 Å². The van der Waals surface area contributed by atoms with Gasteiger partial charge in [-0.05, 0) is 13.5 Å². The van der Waals surface area contributed by atoms with Crippen molar-refractivity contribution in [3.8, 4) is 0 Å². The lowest BCUT2D eigenvalue weighted by Crippen LogP contribution is -2.30. The van der Waals surface area contributed by atoms with E-state index in [1.807, 2.05) is 0 Å². The van der Waals surface area contributed by atoms with Crippen LogP contribution in [0.2, 0.25) is 0 Å². The highest BCUT2D eigenvalue weighted by molar-refractivity contribution is 5.51. The fourth-order valence-electron chi connectivity index (χ4n) is 2.07. The van der Waals surface area contributed by atoms with Crippen molar-refractivity contribution in [3.63, 3.8) is 0 Å². The van der Waals surface area contributed by atoms with Crippen LogP contribution in [-0.4, -0.2) is 26.2 Å². The molecular formula is C11H11F5N2. The highest BCUT2D eigenvalue weighted by atomic mass is 19.2.